The number of hydrogen-bond acceptors (Lipinski definition) is 3. The summed E-state index contributed by atoms with van der Waals surface area (Å²) in [5.74, 6) is 0. The van der Waals surface area contributed by atoms with Crippen LogP contribution in [0.1, 0.15) is 40.5 Å². The quantitative estimate of drug-likeness (QED) is 0.526. The fourth-order valence-corrected chi connectivity index (χ4v) is 5.07. The van der Waals surface area contributed by atoms with Crippen molar-refractivity contribution in [3.8, 4) is 0 Å². The zero-order valence-corrected chi connectivity index (χ0v) is 17.0. The van der Waals surface area contributed by atoms with Gasteiger partial charge in [0.05, 0.1) is 16.9 Å². The van der Waals surface area contributed by atoms with E-state index in [4.69, 9.17) is 9.16 Å². The van der Waals surface area contributed by atoms with Crippen molar-refractivity contribution < 1.29 is 13.4 Å². The molecule has 0 amide bonds. The average Bonchev–Trinajstić information content (AvgIpc) is 3.26. The Morgan fingerprint density at radius 2 is 1.87 bits per heavy atom. The van der Waals surface area contributed by atoms with Gasteiger partial charge in [0.2, 0.25) is 0 Å². The lowest BCUT2D eigenvalue weighted by atomic mass is 10.1. The molecular formula is C18H30O3SSi. The summed E-state index contributed by atoms with van der Waals surface area (Å²) >= 11 is 0. The van der Waals surface area contributed by atoms with E-state index in [9.17, 15) is 4.21 Å². The van der Waals surface area contributed by atoms with E-state index in [2.05, 4.69) is 40.8 Å². The third-order valence-electron chi connectivity index (χ3n) is 4.86. The highest BCUT2D eigenvalue weighted by Gasteiger charge is 2.52. The van der Waals surface area contributed by atoms with Crippen LogP contribution in [0, 0.1) is 0 Å². The highest BCUT2D eigenvalue weighted by atomic mass is 32.2. The first-order valence-corrected chi connectivity index (χ1v) is 12.6. The van der Waals surface area contributed by atoms with Gasteiger partial charge in [0, 0.05) is 4.90 Å². The summed E-state index contributed by atoms with van der Waals surface area (Å²) in [7, 11) is -2.97. The molecule has 3 nitrogen and oxygen atoms in total. The Kier molecular flexibility index (Phi) is 5.88. The summed E-state index contributed by atoms with van der Waals surface area (Å²) in [5.41, 5.74) is -0.223. The predicted octanol–water partition coefficient (Wildman–Crippen LogP) is 4.71. The molecule has 0 spiro atoms. The number of hydrogen-bond donors (Lipinski definition) is 0. The molecule has 1 aliphatic heterocycles. The molecule has 0 bridgehead atoms. The monoisotopic (exact) mass is 354 g/mol. The van der Waals surface area contributed by atoms with E-state index in [1.807, 2.05) is 30.3 Å². The molecule has 23 heavy (non-hydrogen) atoms. The van der Waals surface area contributed by atoms with Gasteiger partial charge in [-0.15, -0.1) is 0 Å². The van der Waals surface area contributed by atoms with Gasteiger partial charge in [0.25, 0.3) is 0 Å². The van der Waals surface area contributed by atoms with E-state index >= 15 is 0 Å². The lowest BCUT2D eigenvalue weighted by molar-refractivity contribution is 0.133. The van der Waals surface area contributed by atoms with Gasteiger partial charge in [0.15, 0.2) is 13.8 Å². The summed E-state index contributed by atoms with van der Waals surface area (Å²) < 4.78 is 25.0. The van der Waals surface area contributed by atoms with Crippen molar-refractivity contribution >= 4 is 19.1 Å². The van der Waals surface area contributed by atoms with Crippen LogP contribution < -0.4 is 0 Å². The maximum atomic E-state index is 12.6. The first kappa shape index (κ1) is 18.8. The van der Waals surface area contributed by atoms with E-state index in [-0.39, 0.29) is 22.7 Å². The second-order valence-electron chi connectivity index (χ2n) is 7.78. The maximum Gasteiger partial charge on any atom is 0.192 e. The summed E-state index contributed by atoms with van der Waals surface area (Å²) in [4.78, 5) is 0.836. The minimum atomic E-state index is -1.85. The lowest BCUT2D eigenvalue weighted by Crippen LogP contribution is -2.45. The highest BCUT2D eigenvalue weighted by Crippen LogP contribution is 2.41. The molecular weight excluding hydrogens is 324 g/mol. The summed E-state index contributed by atoms with van der Waals surface area (Å²) in [6.07, 6.45) is 2.02. The first-order valence-electron chi connectivity index (χ1n) is 8.46. The minimum absolute atomic E-state index is 0.0369. The van der Waals surface area contributed by atoms with Gasteiger partial charge in [-0.2, -0.15) is 0 Å². The largest absolute Gasteiger partial charge is 0.411 e. The molecule has 0 saturated carbocycles. The molecule has 1 aromatic carbocycles. The predicted molar refractivity (Wildman–Crippen MR) is 98.5 cm³/mol. The Morgan fingerprint density at radius 1 is 1.26 bits per heavy atom. The molecule has 0 aliphatic carbocycles. The van der Waals surface area contributed by atoms with Gasteiger partial charge < -0.3 is 9.16 Å². The molecule has 1 saturated heterocycles. The molecule has 0 unspecified atom stereocenters. The molecule has 0 aromatic heterocycles. The Hall–Kier alpha value is -0.493. The Morgan fingerprint density at radius 3 is 2.39 bits per heavy atom. The molecule has 4 atom stereocenters. The van der Waals surface area contributed by atoms with Crippen LogP contribution >= 0.6 is 0 Å². The second-order valence-corrected chi connectivity index (χ2v) is 14.1. The summed E-state index contributed by atoms with van der Waals surface area (Å²) in [6, 6.07) is 9.57. The number of benzene rings is 1. The van der Waals surface area contributed by atoms with Crippen molar-refractivity contribution in [3.63, 3.8) is 0 Å². The Labute approximate surface area is 144 Å². The zero-order chi connectivity index (χ0) is 17.3. The molecule has 2 rings (SSSR count). The number of rotatable bonds is 7. The fourth-order valence-electron chi connectivity index (χ4n) is 2.36. The van der Waals surface area contributed by atoms with Crippen LogP contribution in [0.4, 0.5) is 0 Å². The van der Waals surface area contributed by atoms with Crippen molar-refractivity contribution in [2.24, 2.45) is 0 Å². The van der Waals surface area contributed by atoms with Crippen molar-refractivity contribution in [3.05, 3.63) is 30.3 Å². The summed E-state index contributed by atoms with van der Waals surface area (Å²) in [6.45, 7) is 13.4. The van der Waals surface area contributed by atoms with Gasteiger partial charge in [-0.25, -0.2) is 0 Å². The van der Waals surface area contributed by atoms with Crippen LogP contribution in [-0.4, -0.2) is 30.2 Å². The SMILES string of the molecule is CCC[C@H](O[Si](C)(C)C(C)(C)C)[C@@H]1O[C@H]1[S@@](=O)c1ccccc1. The normalized spacial score (nSPS) is 24.3. The third-order valence-corrected chi connectivity index (χ3v) is 10.9. The Bertz CT molecular complexity index is 539. The molecule has 1 aromatic rings. The van der Waals surface area contributed by atoms with E-state index in [1.54, 1.807) is 0 Å². The van der Waals surface area contributed by atoms with Crippen LogP contribution in [0.2, 0.25) is 18.1 Å². The van der Waals surface area contributed by atoms with Crippen LogP contribution in [-0.2, 0) is 20.0 Å². The minimum Gasteiger partial charge on any atom is -0.411 e. The van der Waals surface area contributed by atoms with Crippen LogP contribution in [0.25, 0.3) is 0 Å². The van der Waals surface area contributed by atoms with Crippen LogP contribution in [0.3, 0.4) is 0 Å². The van der Waals surface area contributed by atoms with E-state index in [0.717, 1.165) is 17.7 Å². The van der Waals surface area contributed by atoms with Gasteiger partial charge in [-0.05, 0) is 36.7 Å². The van der Waals surface area contributed by atoms with Crippen LogP contribution in [0.15, 0.2) is 35.2 Å². The number of ether oxygens (including phenoxy) is 1. The van der Waals surface area contributed by atoms with Gasteiger partial charge >= 0.3 is 0 Å². The van der Waals surface area contributed by atoms with Crippen molar-refractivity contribution in [2.45, 2.75) is 81.2 Å². The number of epoxide rings is 1. The first-order chi connectivity index (χ1) is 10.7. The molecule has 130 valence electrons. The molecule has 1 heterocycles. The van der Waals surface area contributed by atoms with E-state index in [1.165, 1.54) is 0 Å². The fraction of sp³-hybridized carbons (Fsp3) is 0.667. The Balaban J connectivity index is 2.05. The third kappa shape index (κ3) is 4.53. The zero-order valence-electron chi connectivity index (χ0n) is 15.2. The molecule has 1 fully saturated rings. The maximum absolute atomic E-state index is 12.6. The molecule has 5 heteroatoms. The van der Waals surface area contributed by atoms with Crippen molar-refractivity contribution in [2.75, 3.05) is 0 Å². The smallest absolute Gasteiger partial charge is 0.192 e. The second kappa shape index (κ2) is 7.17. The van der Waals surface area contributed by atoms with E-state index < -0.39 is 19.1 Å². The van der Waals surface area contributed by atoms with Crippen LogP contribution in [0.5, 0.6) is 0 Å². The van der Waals surface area contributed by atoms with Gasteiger partial charge in [-0.1, -0.05) is 52.3 Å². The molecule has 0 N–H and O–H groups in total. The van der Waals surface area contributed by atoms with Gasteiger partial charge in [-0.3, -0.25) is 4.21 Å². The summed E-state index contributed by atoms with van der Waals surface area (Å²) in [5, 5.41) is 0.169. The standard InChI is InChI=1S/C18H30O3SSi/c1-7-11-15(21-23(5,6)18(2,3)4)16-17(20-16)22(19)14-12-9-8-10-13-14/h8-10,12-13,15-17H,7,11H2,1-6H3/t15-,16-,17-,22-/m0/s1. The average molecular weight is 355 g/mol. The highest BCUT2D eigenvalue weighted by molar-refractivity contribution is 7.85. The topological polar surface area (TPSA) is 38.8 Å². The molecule has 1 aliphatic rings. The van der Waals surface area contributed by atoms with Crippen molar-refractivity contribution in [1.82, 2.24) is 0 Å². The molecule has 0 radical (unpaired) electrons. The van der Waals surface area contributed by atoms with Gasteiger partial charge in [0.1, 0.15) is 6.10 Å². The van der Waals surface area contributed by atoms with Crippen molar-refractivity contribution in [1.29, 1.82) is 0 Å². The lowest BCUT2D eigenvalue weighted by Gasteiger charge is -2.39. The van der Waals surface area contributed by atoms with E-state index in [0.29, 0.717) is 0 Å².